The van der Waals surface area contributed by atoms with Crippen molar-refractivity contribution in [1.29, 1.82) is 0 Å². The summed E-state index contributed by atoms with van der Waals surface area (Å²) in [6, 6.07) is 4.43. The van der Waals surface area contributed by atoms with Crippen molar-refractivity contribution in [2.45, 2.75) is 38.0 Å². The number of nitrogens with zero attached hydrogens (tertiary/aromatic N) is 2. The van der Waals surface area contributed by atoms with Crippen molar-refractivity contribution in [2.24, 2.45) is 0 Å². The molecule has 0 saturated carbocycles. The summed E-state index contributed by atoms with van der Waals surface area (Å²) < 4.78 is 24.3. The number of carbonyl (C=O) groups is 1. The molecule has 1 heterocycles. The van der Waals surface area contributed by atoms with Gasteiger partial charge in [0.25, 0.3) is 5.22 Å². The topological polar surface area (TPSA) is 65.2 Å². The van der Waals surface area contributed by atoms with Crippen LogP contribution in [0.25, 0.3) is 0 Å². The van der Waals surface area contributed by atoms with Crippen molar-refractivity contribution >= 4 is 29.3 Å². The monoisotopic (exact) mass is 358 g/mol. The van der Waals surface area contributed by atoms with Gasteiger partial charge < -0.3 is 9.15 Å². The predicted molar refractivity (Wildman–Crippen MR) is 85.1 cm³/mol. The molecule has 0 saturated heterocycles. The lowest BCUT2D eigenvalue weighted by molar-refractivity contribution is -0.151. The van der Waals surface area contributed by atoms with Gasteiger partial charge in [0.05, 0.1) is 6.42 Å². The standard InChI is InChI=1S/C15H16ClFN2O3S/c1-15(2,3)22-13(20)8-23-14-19-18-12(21-14)7-9-10(16)5-4-6-11(9)17/h4-6H,7-8H2,1-3H3. The first-order valence-corrected chi connectivity index (χ1v) is 8.21. The molecule has 0 aliphatic carbocycles. The Hall–Kier alpha value is -1.60. The summed E-state index contributed by atoms with van der Waals surface area (Å²) in [6.07, 6.45) is 0.0888. The molecule has 2 aromatic rings. The van der Waals surface area contributed by atoms with Gasteiger partial charge in [-0.05, 0) is 32.9 Å². The molecule has 0 radical (unpaired) electrons. The van der Waals surface area contributed by atoms with Crippen LogP contribution >= 0.6 is 23.4 Å². The molecule has 0 N–H and O–H groups in total. The molecular weight excluding hydrogens is 343 g/mol. The van der Waals surface area contributed by atoms with Gasteiger partial charge >= 0.3 is 5.97 Å². The average molecular weight is 359 g/mol. The highest BCUT2D eigenvalue weighted by atomic mass is 35.5. The molecule has 0 spiro atoms. The van der Waals surface area contributed by atoms with E-state index in [-0.39, 0.29) is 29.3 Å². The molecule has 0 bridgehead atoms. The van der Waals surface area contributed by atoms with Crippen LogP contribution in [0.15, 0.2) is 27.8 Å². The van der Waals surface area contributed by atoms with E-state index in [2.05, 4.69) is 10.2 Å². The molecule has 1 aromatic heterocycles. The van der Waals surface area contributed by atoms with Crippen LogP contribution in [0.3, 0.4) is 0 Å². The summed E-state index contributed by atoms with van der Waals surface area (Å²) in [6.45, 7) is 5.37. The van der Waals surface area contributed by atoms with Crippen molar-refractivity contribution in [1.82, 2.24) is 10.2 Å². The third-order valence-electron chi connectivity index (χ3n) is 2.57. The van der Waals surface area contributed by atoms with Crippen LogP contribution in [0.5, 0.6) is 0 Å². The highest BCUT2D eigenvalue weighted by Crippen LogP contribution is 2.24. The average Bonchev–Trinajstić information content (AvgIpc) is 2.87. The number of carbonyl (C=O) groups excluding carboxylic acids is 1. The van der Waals surface area contributed by atoms with Gasteiger partial charge in [-0.15, -0.1) is 10.2 Å². The Labute approximate surface area is 142 Å². The summed E-state index contributed by atoms with van der Waals surface area (Å²) in [5, 5.41) is 8.16. The molecular formula is C15H16ClFN2O3S. The molecule has 124 valence electrons. The largest absolute Gasteiger partial charge is 0.459 e. The fourth-order valence-electron chi connectivity index (χ4n) is 1.71. The van der Waals surface area contributed by atoms with E-state index in [4.69, 9.17) is 20.8 Å². The molecule has 1 aromatic carbocycles. The highest BCUT2D eigenvalue weighted by molar-refractivity contribution is 7.99. The molecule has 0 amide bonds. The van der Waals surface area contributed by atoms with E-state index < -0.39 is 11.4 Å². The van der Waals surface area contributed by atoms with Crippen molar-refractivity contribution < 1.29 is 18.3 Å². The van der Waals surface area contributed by atoms with Gasteiger partial charge in [-0.3, -0.25) is 4.79 Å². The predicted octanol–water partition coefficient (Wildman–Crippen LogP) is 3.89. The zero-order valence-corrected chi connectivity index (χ0v) is 14.5. The number of esters is 1. The van der Waals surface area contributed by atoms with Crippen LogP contribution in [-0.2, 0) is 16.0 Å². The van der Waals surface area contributed by atoms with Crippen molar-refractivity contribution in [2.75, 3.05) is 5.75 Å². The summed E-state index contributed by atoms with van der Waals surface area (Å²) in [4.78, 5) is 11.6. The molecule has 0 fully saturated rings. The smallest absolute Gasteiger partial charge is 0.316 e. The number of aromatic nitrogens is 2. The summed E-state index contributed by atoms with van der Waals surface area (Å²) in [7, 11) is 0. The van der Waals surface area contributed by atoms with Gasteiger partial charge in [0.1, 0.15) is 17.2 Å². The first-order valence-electron chi connectivity index (χ1n) is 6.84. The van der Waals surface area contributed by atoms with E-state index in [1.807, 2.05) is 0 Å². The van der Waals surface area contributed by atoms with E-state index in [1.54, 1.807) is 26.8 Å². The third kappa shape index (κ3) is 5.51. The zero-order chi connectivity index (χ0) is 17.0. The highest BCUT2D eigenvalue weighted by Gasteiger charge is 2.18. The van der Waals surface area contributed by atoms with Crippen LogP contribution in [0.1, 0.15) is 32.2 Å². The third-order valence-corrected chi connectivity index (χ3v) is 3.72. The molecule has 0 aliphatic rings. The Morgan fingerprint density at radius 3 is 2.78 bits per heavy atom. The molecule has 2 rings (SSSR count). The van der Waals surface area contributed by atoms with Crippen LogP contribution < -0.4 is 0 Å². The first-order chi connectivity index (χ1) is 10.7. The summed E-state index contributed by atoms with van der Waals surface area (Å²) >= 11 is 7.02. The molecule has 0 atom stereocenters. The number of rotatable bonds is 5. The maximum Gasteiger partial charge on any atom is 0.316 e. The zero-order valence-electron chi connectivity index (χ0n) is 12.9. The first kappa shape index (κ1) is 17.7. The molecule has 8 heteroatoms. The maximum atomic E-state index is 13.7. The molecule has 0 aliphatic heterocycles. The van der Waals surface area contributed by atoms with Crippen molar-refractivity contribution in [3.8, 4) is 0 Å². The lowest BCUT2D eigenvalue weighted by Crippen LogP contribution is -2.24. The lowest BCUT2D eigenvalue weighted by Gasteiger charge is -2.18. The van der Waals surface area contributed by atoms with Crippen molar-refractivity contribution in [3.63, 3.8) is 0 Å². The van der Waals surface area contributed by atoms with Gasteiger partial charge in [-0.1, -0.05) is 29.4 Å². The molecule has 23 heavy (non-hydrogen) atoms. The number of benzene rings is 1. The Morgan fingerprint density at radius 1 is 1.39 bits per heavy atom. The maximum absolute atomic E-state index is 13.7. The van der Waals surface area contributed by atoms with Crippen molar-refractivity contribution in [3.05, 3.63) is 40.5 Å². The van der Waals surface area contributed by atoms with Gasteiger partial charge in [-0.25, -0.2) is 4.39 Å². The summed E-state index contributed by atoms with van der Waals surface area (Å²) in [5.74, 6) is -0.527. The van der Waals surface area contributed by atoms with Crippen LogP contribution in [0.2, 0.25) is 5.02 Å². The van der Waals surface area contributed by atoms with Crippen LogP contribution in [0.4, 0.5) is 4.39 Å². The quantitative estimate of drug-likeness (QED) is 0.596. The van der Waals surface area contributed by atoms with E-state index in [0.29, 0.717) is 10.6 Å². The minimum atomic E-state index is -0.542. The second-order valence-corrected chi connectivity index (χ2v) is 7.05. The SMILES string of the molecule is CC(C)(C)OC(=O)CSc1nnc(Cc2c(F)cccc2Cl)o1. The Bertz CT molecular complexity index is 680. The van der Waals surface area contributed by atoms with Gasteiger partial charge in [-0.2, -0.15) is 0 Å². The van der Waals surface area contributed by atoms with Crippen LogP contribution in [0, 0.1) is 5.82 Å². The van der Waals surface area contributed by atoms with E-state index in [9.17, 15) is 9.18 Å². The number of halogens is 2. The minimum absolute atomic E-state index is 0.0549. The van der Waals surface area contributed by atoms with E-state index >= 15 is 0 Å². The Balaban J connectivity index is 1.95. The normalized spacial score (nSPS) is 11.5. The lowest BCUT2D eigenvalue weighted by atomic mass is 10.1. The van der Waals surface area contributed by atoms with Gasteiger partial charge in [0, 0.05) is 10.6 Å². The van der Waals surface area contributed by atoms with Crippen LogP contribution in [-0.4, -0.2) is 27.5 Å². The number of hydrogen-bond donors (Lipinski definition) is 0. The van der Waals surface area contributed by atoms with E-state index in [1.165, 1.54) is 12.1 Å². The Kier molecular flexibility index (Phi) is 5.64. The van der Waals surface area contributed by atoms with Gasteiger partial charge in [0.2, 0.25) is 5.89 Å². The second kappa shape index (κ2) is 7.31. The number of ether oxygens (including phenoxy) is 1. The molecule has 5 nitrogen and oxygen atoms in total. The Morgan fingerprint density at radius 2 is 2.13 bits per heavy atom. The second-order valence-electron chi connectivity index (χ2n) is 5.71. The fraction of sp³-hybridized carbons (Fsp3) is 0.400. The fourth-order valence-corrected chi connectivity index (χ4v) is 2.50. The summed E-state index contributed by atoms with van der Waals surface area (Å²) in [5.41, 5.74) is -0.249. The minimum Gasteiger partial charge on any atom is -0.459 e. The van der Waals surface area contributed by atoms with E-state index in [0.717, 1.165) is 11.8 Å². The molecule has 0 unspecified atom stereocenters. The van der Waals surface area contributed by atoms with Gasteiger partial charge in [0.15, 0.2) is 0 Å². The number of thioether (sulfide) groups is 1. The number of hydrogen-bond acceptors (Lipinski definition) is 6.